The summed E-state index contributed by atoms with van der Waals surface area (Å²) in [6.07, 6.45) is 0. The van der Waals surface area contributed by atoms with Gasteiger partial charge in [-0.05, 0) is 12.5 Å². The van der Waals surface area contributed by atoms with Crippen molar-refractivity contribution in [1.82, 2.24) is 5.43 Å². The van der Waals surface area contributed by atoms with Crippen molar-refractivity contribution < 1.29 is 0 Å². The second-order valence-electron chi connectivity index (χ2n) is 2.69. The molecule has 0 saturated carbocycles. The maximum atomic E-state index is 5.31. The molecule has 5 nitrogen and oxygen atoms in total. The van der Waals surface area contributed by atoms with Crippen LogP contribution in [0.1, 0.15) is 12.5 Å². The molecule has 1 aromatic carbocycles. The lowest BCUT2D eigenvalue weighted by molar-refractivity contribution is 0.983. The first-order valence-electron chi connectivity index (χ1n) is 4.13. The normalized spacial score (nSPS) is 12.6. The molecule has 0 saturated heterocycles. The van der Waals surface area contributed by atoms with Crippen LogP contribution < -0.4 is 17.0 Å². The average Bonchev–Trinajstić information content (AvgIpc) is 2.26. The summed E-state index contributed by atoms with van der Waals surface area (Å²) < 4.78 is 0. The second-order valence-corrected chi connectivity index (χ2v) is 2.69. The highest BCUT2D eigenvalue weighted by atomic mass is 15.4. The third-order valence-corrected chi connectivity index (χ3v) is 1.67. The van der Waals surface area contributed by atoms with Crippen LogP contribution in [0.3, 0.4) is 0 Å². The van der Waals surface area contributed by atoms with Crippen LogP contribution in [0, 0.1) is 0 Å². The minimum atomic E-state index is 0.0836. The zero-order chi connectivity index (χ0) is 10.4. The Hall–Kier alpha value is -2.04. The maximum absolute atomic E-state index is 5.31. The molecule has 0 bridgehead atoms. The van der Waals surface area contributed by atoms with Gasteiger partial charge in [-0.1, -0.05) is 30.3 Å². The average molecular weight is 191 g/mol. The molecule has 5 heteroatoms. The molecule has 0 atom stereocenters. The quantitative estimate of drug-likeness (QED) is 0.270. The smallest absolute Gasteiger partial charge is 0.231 e. The molecule has 0 aliphatic heterocycles. The number of nitrogens with zero attached hydrogens (tertiary/aromatic N) is 2. The van der Waals surface area contributed by atoms with E-state index in [0.29, 0.717) is 0 Å². The van der Waals surface area contributed by atoms with Gasteiger partial charge in [-0.15, -0.1) is 5.10 Å². The highest BCUT2D eigenvalue weighted by molar-refractivity contribution is 5.99. The zero-order valence-corrected chi connectivity index (χ0v) is 7.94. The molecule has 0 unspecified atom stereocenters. The molecule has 0 radical (unpaired) electrons. The Labute approximate surface area is 82.5 Å². The number of hydrogen-bond donors (Lipinski definition) is 3. The Morgan fingerprint density at radius 1 is 1.29 bits per heavy atom. The molecular formula is C9H13N5. The summed E-state index contributed by atoms with van der Waals surface area (Å²) in [6.45, 7) is 1.87. The highest BCUT2D eigenvalue weighted by Crippen LogP contribution is 1.99. The number of guanidine groups is 1. The summed E-state index contributed by atoms with van der Waals surface area (Å²) in [5.41, 5.74) is 9.66. The largest absolute Gasteiger partial charge is 0.367 e. The van der Waals surface area contributed by atoms with Crippen molar-refractivity contribution in [3.05, 3.63) is 35.9 Å². The molecule has 0 aromatic heterocycles. The van der Waals surface area contributed by atoms with Gasteiger partial charge in [0.25, 0.3) is 0 Å². The van der Waals surface area contributed by atoms with Gasteiger partial charge in [-0.2, -0.15) is 5.10 Å². The Kier molecular flexibility index (Phi) is 3.49. The van der Waals surface area contributed by atoms with E-state index in [4.69, 9.17) is 11.6 Å². The van der Waals surface area contributed by atoms with Crippen LogP contribution in [0.2, 0.25) is 0 Å². The molecule has 0 aliphatic rings. The first-order chi connectivity index (χ1) is 6.74. The van der Waals surface area contributed by atoms with E-state index >= 15 is 0 Å². The van der Waals surface area contributed by atoms with E-state index < -0.39 is 0 Å². The number of hydrazone groups is 2. The van der Waals surface area contributed by atoms with Crippen molar-refractivity contribution in [2.75, 3.05) is 0 Å². The van der Waals surface area contributed by atoms with Gasteiger partial charge >= 0.3 is 0 Å². The minimum Gasteiger partial charge on any atom is -0.367 e. The highest BCUT2D eigenvalue weighted by Gasteiger charge is 1.94. The number of nitrogens with two attached hydrogens (primary N) is 2. The van der Waals surface area contributed by atoms with Crippen molar-refractivity contribution in [2.45, 2.75) is 6.92 Å². The number of nitrogens with one attached hydrogen (secondary N) is 1. The SMILES string of the molecule is C/C(=N/NC(N)=NN)c1ccccc1. The summed E-state index contributed by atoms with van der Waals surface area (Å²) in [4.78, 5) is 0. The number of benzene rings is 1. The Balaban J connectivity index is 2.71. The fraction of sp³-hybridized carbons (Fsp3) is 0.111. The fourth-order valence-corrected chi connectivity index (χ4v) is 0.914. The van der Waals surface area contributed by atoms with Gasteiger partial charge in [-0.3, -0.25) is 0 Å². The van der Waals surface area contributed by atoms with Crippen LogP contribution in [-0.4, -0.2) is 11.7 Å². The molecule has 5 N–H and O–H groups in total. The predicted molar refractivity (Wildman–Crippen MR) is 57.6 cm³/mol. The maximum Gasteiger partial charge on any atom is 0.231 e. The lowest BCUT2D eigenvalue weighted by Gasteiger charge is -2.01. The predicted octanol–water partition coefficient (Wildman–Crippen LogP) is 0.189. The molecule has 0 heterocycles. The van der Waals surface area contributed by atoms with Gasteiger partial charge in [0, 0.05) is 0 Å². The summed E-state index contributed by atoms with van der Waals surface area (Å²) in [5.74, 6) is 5.01. The van der Waals surface area contributed by atoms with Crippen LogP contribution in [-0.2, 0) is 0 Å². The summed E-state index contributed by atoms with van der Waals surface area (Å²) in [6, 6.07) is 9.73. The van der Waals surface area contributed by atoms with E-state index in [1.54, 1.807) is 0 Å². The minimum absolute atomic E-state index is 0.0836. The van der Waals surface area contributed by atoms with Gasteiger partial charge in [0.15, 0.2) is 0 Å². The topological polar surface area (TPSA) is 88.8 Å². The third-order valence-electron chi connectivity index (χ3n) is 1.67. The second kappa shape index (κ2) is 4.86. The van der Waals surface area contributed by atoms with Crippen LogP contribution >= 0.6 is 0 Å². The lowest BCUT2D eigenvalue weighted by atomic mass is 10.1. The van der Waals surface area contributed by atoms with E-state index in [2.05, 4.69) is 15.6 Å². The van der Waals surface area contributed by atoms with Gasteiger partial charge in [0.05, 0.1) is 5.71 Å². The summed E-state index contributed by atoms with van der Waals surface area (Å²) in [7, 11) is 0. The van der Waals surface area contributed by atoms with Crippen LogP contribution in [0.5, 0.6) is 0 Å². The van der Waals surface area contributed by atoms with Crippen molar-refractivity contribution >= 4 is 11.7 Å². The Bertz CT molecular complexity index is 341. The Morgan fingerprint density at radius 2 is 1.93 bits per heavy atom. The van der Waals surface area contributed by atoms with E-state index in [1.165, 1.54) is 0 Å². The Morgan fingerprint density at radius 3 is 2.50 bits per heavy atom. The van der Waals surface area contributed by atoms with Crippen LogP contribution in [0.25, 0.3) is 0 Å². The first kappa shape index (κ1) is 10.0. The molecule has 1 rings (SSSR count). The third kappa shape index (κ3) is 2.78. The summed E-state index contributed by atoms with van der Waals surface area (Å²) >= 11 is 0. The number of rotatable bonds is 2. The molecule has 14 heavy (non-hydrogen) atoms. The van der Waals surface area contributed by atoms with Crippen LogP contribution in [0.4, 0.5) is 0 Å². The molecule has 0 amide bonds. The molecule has 0 fully saturated rings. The van der Waals surface area contributed by atoms with E-state index in [0.717, 1.165) is 11.3 Å². The molecule has 74 valence electrons. The first-order valence-corrected chi connectivity index (χ1v) is 4.13. The summed E-state index contributed by atoms with van der Waals surface area (Å²) in [5, 5.41) is 7.23. The van der Waals surface area contributed by atoms with E-state index in [1.807, 2.05) is 37.3 Å². The molecule has 0 aliphatic carbocycles. The van der Waals surface area contributed by atoms with Gasteiger partial charge in [-0.25, -0.2) is 5.43 Å². The monoisotopic (exact) mass is 191 g/mol. The molecule has 1 aromatic rings. The van der Waals surface area contributed by atoms with Crippen LogP contribution in [0.15, 0.2) is 40.5 Å². The van der Waals surface area contributed by atoms with Crippen molar-refractivity contribution in [3.63, 3.8) is 0 Å². The van der Waals surface area contributed by atoms with Gasteiger partial charge in [0.1, 0.15) is 0 Å². The van der Waals surface area contributed by atoms with Crippen molar-refractivity contribution in [2.24, 2.45) is 21.8 Å². The lowest BCUT2D eigenvalue weighted by Crippen LogP contribution is -2.29. The fourth-order valence-electron chi connectivity index (χ4n) is 0.914. The van der Waals surface area contributed by atoms with Gasteiger partial charge in [0.2, 0.25) is 5.96 Å². The van der Waals surface area contributed by atoms with Crippen molar-refractivity contribution in [3.8, 4) is 0 Å². The molecule has 0 spiro atoms. The van der Waals surface area contributed by atoms with E-state index in [-0.39, 0.29) is 5.96 Å². The van der Waals surface area contributed by atoms with Gasteiger partial charge < -0.3 is 11.6 Å². The number of hydrogen-bond acceptors (Lipinski definition) is 3. The molecular weight excluding hydrogens is 178 g/mol. The standard InChI is InChI=1S/C9H13N5/c1-7(13-14-9(10)12-11)8-5-3-2-4-6-8/h2-6H,11H2,1H3,(H3,10,12,14)/b13-7-. The van der Waals surface area contributed by atoms with E-state index in [9.17, 15) is 0 Å². The van der Waals surface area contributed by atoms with Crippen molar-refractivity contribution in [1.29, 1.82) is 0 Å². The zero-order valence-electron chi connectivity index (χ0n) is 7.94.